The van der Waals surface area contributed by atoms with Gasteiger partial charge < -0.3 is 24.0 Å². The first-order valence-corrected chi connectivity index (χ1v) is 14.0. The standard InChI is InChI=1S/C30H35ClN2O4S/c1-32(17-15-21-7-14-26(35-3)27(19-21)36-4)16-5-6-18-37-24-11-8-22(9-12-24)29-30(34)33(2)25-13-10-23(31)20-28(25)38-29/h7-14,19-20,29H,5-6,15-18H2,1-4H3. The minimum Gasteiger partial charge on any atom is -0.494 e. The van der Waals surface area contributed by atoms with Crippen molar-refractivity contribution in [2.24, 2.45) is 0 Å². The second kappa shape index (κ2) is 13.3. The fourth-order valence-electron chi connectivity index (χ4n) is 4.42. The van der Waals surface area contributed by atoms with Crippen molar-refractivity contribution in [2.75, 3.05) is 52.9 Å². The van der Waals surface area contributed by atoms with Crippen LogP contribution in [0.5, 0.6) is 17.2 Å². The van der Waals surface area contributed by atoms with Crippen LogP contribution in [0.4, 0.5) is 5.69 Å². The lowest BCUT2D eigenvalue weighted by Gasteiger charge is -2.31. The predicted molar refractivity (Wildman–Crippen MR) is 155 cm³/mol. The van der Waals surface area contributed by atoms with Crippen LogP contribution in [0.15, 0.2) is 65.6 Å². The van der Waals surface area contributed by atoms with E-state index in [1.807, 2.05) is 61.6 Å². The van der Waals surface area contributed by atoms with Crippen molar-refractivity contribution in [3.63, 3.8) is 0 Å². The first-order chi connectivity index (χ1) is 18.4. The Bertz CT molecular complexity index is 1240. The van der Waals surface area contributed by atoms with E-state index < -0.39 is 0 Å². The van der Waals surface area contributed by atoms with Gasteiger partial charge in [0.25, 0.3) is 0 Å². The molecule has 3 aromatic rings. The topological polar surface area (TPSA) is 51.2 Å². The molecular weight excluding hydrogens is 520 g/mol. The summed E-state index contributed by atoms with van der Waals surface area (Å²) in [5, 5.41) is 0.375. The van der Waals surface area contributed by atoms with E-state index in [1.165, 1.54) is 5.56 Å². The van der Waals surface area contributed by atoms with Crippen molar-refractivity contribution in [3.05, 3.63) is 76.8 Å². The summed E-state index contributed by atoms with van der Waals surface area (Å²) < 4.78 is 16.7. The number of carbonyl (C=O) groups excluding carboxylic acids is 1. The number of ether oxygens (including phenoxy) is 3. The third-order valence-electron chi connectivity index (χ3n) is 6.70. The zero-order valence-electron chi connectivity index (χ0n) is 22.4. The molecule has 0 N–H and O–H groups in total. The van der Waals surface area contributed by atoms with E-state index in [-0.39, 0.29) is 11.2 Å². The fraction of sp³-hybridized carbons (Fsp3) is 0.367. The molecule has 0 radical (unpaired) electrons. The average molecular weight is 555 g/mol. The molecule has 1 amide bonds. The molecule has 0 spiro atoms. The Morgan fingerprint density at radius 2 is 1.71 bits per heavy atom. The minimum atomic E-state index is -0.297. The van der Waals surface area contributed by atoms with Crippen molar-refractivity contribution in [1.82, 2.24) is 4.90 Å². The van der Waals surface area contributed by atoms with Gasteiger partial charge in [-0.3, -0.25) is 4.79 Å². The van der Waals surface area contributed by atoms with Gasteiger partial charge in [-0.1, -0.05) is 29.8 Å². The molecule has 3 aromatic carbocycles. The number of nitrogens with zero attached hydrogens (tertiary/aromatic N) is 2. The van der Waals surface area contributed by atoms with Crippen molar-refractivity contribution in [1.29, 1.82) is 0 Å². The Balaban J connectivity index is 1.19. The molecule has 0 aliphatic carbocycles. The molecule has 8 heteroatoms. The third kappa shape index (κ3) is 6.95. The summed E-state index contributed by atoms with van der Waals surface area (Å²) in [5.74, 6) is 2.41. The summed E-state index contributed by atoms with van der Waals surface area (Å²) >= 11 is 7.72. The molecule has 0 saturated heterocycles. The Kier molecular flexibility index (Phi) is 9.83. The van der Waals surface area contributed by atoms with Crippen molar-refractivity contribution in [2.45, 2.75) is 29.4 Å². The Morgan fingerprint density at radius 1 is 0.947 bits per heavy atom. The minimum absolute atomic E-state index is 0.0636. The zero-order valence-corrected chi connectivity index (χ0v) is 24.0. The molecule has 0 bridgehead atoms. The first-order valence-electron chi connectivity index (χ1n) is 12.8. The molecule has 1 aliphatic heterocycles. The van der Waals surface area contributed by atoms with E-state index in [0.717, 1.165) is 65.7 Å². The van der Waals surface area contributed by atoms with E-state index in [2.05, 4.69) is 18.0 Å². The number of anilines is 1. The van der Waals surface area contributed by atoms with Gasteiger partial charge in [-0.2, -0.15) is 0 Å². The lowest BCUT2D eigenvalue weighted by molar-refractivity contribution is -0.118. The molecule has 1 unspecified atom stereocenters. The lowest BCUT2D eigenvalue weighted by atomic mass is 10.1. The van der Waals surface area contributed by atoms with Gasteiger partial charge in [-0.25, -0.2) is 0 Å². The molecule has 0 fully saturated rings. The quantitative estimate of drug-likeness (QED) is 0.238. The fourth-order valence-corrected chi connectivity index (χ4v) is 5.99. The number of methoxy groups -OCH3 is 2. The van der Waals surface area contributed by atoms with Gasteiger partial charge in [0.2, 0.25) is 5.91 Å². The molecule has 1 atom stereocenters. The van der Waals surface area contributed by atoms with Gasteiger partial charge in [0.15, 0.2) is 11.5 Å². The van der Waals surface area contributed by atoms with Gasteiger partial charge in [0.05, 0.1) is 26.5 Å². The molecule has 1 aliphatic rings. The predicted octanol–water partition coefficient (Wildman–Crippen LogP) is 6.50. The summed E-state index contributed by atoms with van der Waals surface area (Å²) in [5.41, 5.74) is 3.09. The summed E-state index contributed by atoms with van der Waals surface area (Å²) in [6.07, 6.45) is 2.99. The second-order valence-corrected chi connectivity index (χ2v) is 11.0. The van der Waals surface area contributed by atoms with Crippen LogP contribution in [0.2, 0.25) is 5.02 Å². The molecular formula is C30H35ClN2O4S. The zero-order chi connectivity index (χ0) is 27.1. The van der Waals surface area contributed by atoms with E-state index >= 15 is 0 Å². The molecule has 6 nitrogen and oxygen atoms in total. The molecule has 202 valence electrons. The summed E-state index contributed by atoms with van der Waals surface area (Å²) in [7, 11) is 7.27. The highest BCUT2D eigenvalue weighted by atomic mass is 35.5. The number of fused-ring (bicyclic) bond motifs is 1. The van der Waals surface area contributed by atoms with Gasteiger partial charge >= 0.3 is 0 Å². The highest BCUT2D eigenvalue weighted by molar-refractivity contribution is 8.00. The monoisotopic (exact) mass is 554 g/mol. The smallest absolute Gasteiger partial charge is 0.244 e. The highest BCUT2D eigenvalue weighted by Gasteiger charge is 2.32. The number of amides is 1. The van der Waals surface area contributed by atoms with Crippen molar-refractivity contribution < 1.29 is 19.0 Å². The molecule has 0 aromatic heterocycles. The lowest BCUT2D eigenvalue weighted by Crippen LogP contribution is -2.33. The second-order valence-electron chi connectivity index (χ2n) is 9.37. The summed E-state index contributed by atoms with van der Waals surface area (Å²) in [6.45, 7) is 2.64. The molecule has 1 heterocycles. The maximum atomic E-state index is 13.0. The Labute approximate surface area is 234 Å². The van der Waals surface area contributed by atoms with Crippen molar-refractivity contribution >= 4 is 35.0 Å². The number of carbonyl (C=O) groups is 1. The first kappa shape index (κ1) is 28.1. The van der Waals surface area contributed by atoms with Gasteiger partial charge in [0, 0.05) is 23.5 Å². The van der Waals surface area contributed by atoms with Crippen LogP contribution >= 0.6 is 23.4 Å². The maximum absolute atomic E-state index is 13.0. The average Bonchev–Trinajstić information content (AvgIpc) is 2.93. The van der Waals surface area contributed by atoms with Gasteiger partial charge in [-0.15, -0.1) is 11.8 Å². The number of benzene rings is 3. The van der Waals surface area contributed by atoms with Crippen molar-refractivity contribution in [3.8, 4) is 17.2 Å². The number of likely N-dealkylation sites (N-methyl/N-ethyl adjacent to an activating group) is 2. The van der Waals surface area contributed by atoms with E-state index in [0.29, 0.717) is 11.6 Å². The number of thioether (sulfide) groups is 1. The number of hydrogen-bond acceptors (Lipinski definition) is 6. The third-order valence-corrected chi connectivity index (χ3v) is 8.22. The largest absolute Gasteiger partial charge is 0.494 e. The molecule has 38 heavy (non-hydrogen) atoms. The van der Waals surface area contributed by atoms with Crippen LogP contribution in [0.1, 0.15) is 29.2 Å². The van der Waals surface area contributed by atoms with E-state index in [9.17, 15) is 4.79 Å². The van der Waals surface area contributed by atoms with Crippen LogP contribution in [0.3, 0.4) is 0 Å². The molecule has 0 saturated carbocycles. The van der Waals surface area contributed by atoms with Crippen LogP contribution in [-0.4, -0.2) is 58.8 Å². The summed E-state index contributed by atoms with van der Waals surface area (Å²) in [4.78, 5) is 18.0. The van der Waals surface area contributed by atoms with Crippen LogP contribution in [0, 0.1) is 0 Å². The normalized spacial score (nSPS) is 14.9. The van der Waals surface area contributed by atoms with E-state index in [4.69, 9.17) is 25.8 Å². The number of halogens is 1. The highest BCUT2D eigenvalue weighted by Crippen LogP contribution is 2.47. The maximum Gasteiger partial charge on any atom is 0.244 e. The number of hydrogen-bond donors (Lipinski definition) is 0. The van der Waals surface area contributed by atoms with E-state index in [1.54, 1.807) is 30.9 Å². The Hall–Kier alpha value is -2.87. The Morgan fingerprint density at radius 3 is 2.45 bits per heavy atom. The molecule has 4 rings (SSSR count). The van der Waals surface area contributed by atoms with Crippen LogP contribution in [0.25, 0.3) is 0 Å². The van der Waals surface area contributed by atoms with Gasteiger partial charge in [0.1, 0.15) is 11.0 Å². The SMILES string of the molecule is COc1ccc(CCN(C)CCCCOc2ccc(C3Sc4cc(Cl)ccc4N(C)C3=O)cc2)cc1OC. The van der Waals surface area contributed by atoms with Crippen LogP contribution in [-0.2, 0) is 11.2 Å². The number of unbranched alkanes of at least 4 members (excludes halogenated alkanes) is 1. The number of rotatable bonds is 12. The van der Waals surface area contributed by atoms with Gasteiger partial charge in [-0.05, 0) is 86.4 Å². The summed E-state index contributed by atoms with van der Waals surface area (Å²) in [6, 6.07) is 19.6. The van der Waals surface area contributed by atoms with Crippen LogP contribution < -0.4 is 19.1 Å².